The first kappa shape index (κ1) is 17.7. The molecule has 3 N–H and O–H groups in total. The van der Waals surface area contributed by atoms with Crippen molar-refractivity contribution in [2.24, 2.45) is 11.7 Å². The predicted molar refractivity (Wildman–Crippen MR) is 104 cm³/mol. The molecule has 1 aliphatic carbocycles. The van der Waals surface area contributed by atoms with Gasteiger partial charge in [0.05, 0.1) is 12.2 Å². The van der Waals surface area contributed by atoms with Crippen molar-refractivity contribution >= 4 is 22.6 Å². The fourth-order valence-corrected chi connectivity index (χ4v) is 4.08. The summed E-state index contributed by atoms with van der Waals surface area (Å²) >= 11 is 0. The van der Waals surface area contributed by atoms with Crippen LogP contribution in [-0.2, 0) is 4.79 Å². The van der Waals surface area contributed by atoms with Crippen molar-refractivity contribution in [2.45, 2.75) is 44.7 Å². The van der Waals surface area contributed by atoms with Crippen LogP contribution in [0.4, 0.5) is 5.82 Å². The third kappa shape index (κ3) is 3.35. The van der Waals surface area contributed by atoms with Gasteiger partial charge in [0.15, 0.2) is 0 Å². The van der Waals surface area contributed by atoms with E-state index >= 15 is 0 Å². The van der Waals surface area contributed by atoms with E-state index in [1.807, 2.05) is 34.7 Å². The molecule has 7 heteroatoms. The molecule has 1 saturated carbocycles. The highest BCUT2D eigenvalue weighted by atomic mass is 16.3. The second-order valence-corrected chi connectivity index (χ2v) is 7.48. The number of amides is 1. The molecule has 1 aliphatic heterocycles. The van der Waals surface area contributed by atoms with E-state index in [1.54, 1.807) is 12.3 Å². The van der Waals surface area contributed by atoms with Gasteiger partial charge in [0.2, 0.25) is 5.91 Å². The molecule has 4 rings (SSSR count). The zero-order valence-electron chi connectivity index (χ0n) is 15.5. The number of anilines is 1. The number of hydrogen-bond donors (Lipinski definition) is 2. The van der Waals surface area contributed by atoms with Gasteiger partial charge in [-0.2, -0.15) is 5.10 Å². The highest BCUT2D eigenvalue weighted by molar-refractivity contribution is 5.88. The number of hydrogen-bond acceptors (Lipinski definition) is 5. The summed E-state index contributed by atoms with van der Waals surface area (Å²) < 4.78 is 2.04. The average Bonchev–Trinajstić information content (AvgIpc) is 3.11. The summed E-state index contributed by atoms with van der Waals surface area (Å²) in [5.74, 6) is 0.706. The molecule has 0 radical (unpaired) electrons. The summed E-state index contributed by atoms with van der Waals surface area (Å²) in [6.07, 6.45) is 13.5. The number of rotatable bonds is 4. The fraction of sp³-hybridized carbons (Fsp3) is 0.450. The van der Waals surface area contributed by atoms with E-state index in [2.05, 4.69) is 11.2 Å². The molecule has 1 fully saturated rings. The number of nitrogens with two attached hydrogens (primary N) is 1. The van der Waals surface area contributed by atoms with Crippen LogP contribution in [0.2, 0.25) is 0 Å². The molecule has 1 atom stereocenters. The monoisotopic (exact) mass is 367 g/mol. The number of pyridine rings is 1. The first-order chi connectivity index (χ1) is 13.1. The van der Waals surface area contributed by atoms with Crippen LogP contribution < -0.4 is 10.6 Å². The Hall–Kier alpha value is -2.67. The van der Waals surface area contributed by atoms with Crippen molar-refractivity contribution in [3.05, 3.63) is 42.4 Å². The van der Waals surface area contributed by atoms with E-state index < -0.39 is 11.9 Å². The van der Waals surface area contributed by atoms with Gasteiger partial charge in [-0.05, 0) is 50.7 Å². The number of fused-ring (bicyclic) bond motifs is 1. The molecule has 1 unspecified atom stereocenters. The van der Waals surface area contributed by atoms with Gasteiger partial charge in [0.25, 0.3) is 0 Å². The Morgan fingerprint density at radius 1 is 1.33 bits per heavy atom. The summed E-state index contributed by atoms with van der Waals surface area (Å²) in [6, 6.07) is 1.79. The number of allylic oxidation sites excluding steroid dienone is 3. The van der Waals surface area contributed by atoms with Crippen molar-refractivity contribution in [2.75, 3.05) is 11.5 Å². The third-order valence-electron chi connectivity index (χ3n) is 5.67. The molecule has 2 aromatic rings. The van der Waals surface area contributed by atoms with E-state index in [-0.39, 0.29) is 6.61 Å². The average molecular weight is 367 g/mol. The van der Waals surface area contributed by atoms with Crippen molar-refractivity contribution in [1.29, 1.82) is 0 Å². The lowest BCUT2D eigenvalue weighted by Gasteiger charge is -2.31. The molecule has 2 aliphatic rings. The standard InChI is InChI=1S/C20H25N5O2/c1-13-3-2-4-18(20(21)27)25(13)19-9-15-11-24(23-17(15)10-22-19)16-7-5-14(12-26)6-8-16/h2-4,9-11,14,16,18,26H,5-8,12H2,1H3,(H2,21,27). The Labute approximate surface area is 158 Å². The molecule has 7 nitrogen and oxygen atoms in total. The molecule has 27 heavy (non-hydrogen) atoms. The number of primary amides is 1. The number of nitrogens with zero attached hydrogens (tertiary/aromatic N) is 4. The van der Waals surface area contributed by atoms with Crippen LogP contribution in [0.3, 0.4) is 0 Å². The Balaban J connectivity index is 1.62. The maximum Gasteiger partial charge on any atom is 0.244 e. The Morgan fingerprint density at radius 3 is 2.81 bits per heavy atom. The smallest absolute Gasteiger partial charge is 0.244 e. The zero-order chi connectivity index (χ0) is 19.0. The zero-order valence-corrected chi connectivity index (χ0v) is 15.5. The number of aliphatic hydroxyl groups excluding tert-OH is 1. The van der Waals surface area contributed by atoms with Gasteiger partial charge >= 0.3 is 0 Å². The number of aliphatic hydroxyl groups is 1. The molecular formula is C20H25N5O2. The first-order valence-electron chi connectivity index (χ1n) is 9.46. The Morgan fingerprint density at radius 2 is 2.11 bits per heavy atom. The predicted octanol–water partition coefficient (Wildman–Crippen LogP) is 2.29. The van der Waals surface area contributed by atoms with Crippen LogP contribution in [0.15, 0.2) is 42.4 Å². The lowest BCUT2D eigenvalue weighted by molar-refractivity contribution is -0.118. The van der Waals surface area contributed by atoms with Crippen molar-refractivity contribution in [1.82, 2.24) is 14.8 Å². The number of aromatic nitrogens is 3. The number of carbonyl (C=O) groups is 1. The minimum absolute atomic E-state index is 0.277. The molecule has 1 amide bonds. The lowest BCUT2D eigenvalue weighted by Crippen LogP contribution is -2.44. The van der Waals surface area contributed by atoms with Crippen LogP contribution in [0.25, 0.3) is 10.9 Å². The van der Waals surface area contributed by atoms with Crippen molar-refractivity contribution in [3.63, 3.8) is 0 Å². The third-order valence-corrected chi connectivity index (χ3v) is 5.67. The van der Waals surface area contributed by atoms with E-state index in [0.29, 0.717) is 17.8 Å². The van der Waals surface area contributed by atoms with E-state index in [4.69, 9.17) is 10.8 Å². The molecule has 3 heterocycles. The molecule has 2 aromatic heterocycles. The molecule has 0 bridgehead atoms. The van der Waals surface area contributed by atoms with Crippen LogP contribution in [-0.4, -0.2) is 38.4 Å². The Kier molecular flexibility index (Phi) is 4.70. The quantitative estimate of drug-likeness (QED) is 0.864. The van der Waals surface area contributed by atoms with Crippen LogP contribution >= 0.6 is 0 Å². The fourth-order valence-electron chi connectivity index (χ4n) is 4.08. The second kappa shape index (κ2) is 7.15. The summed E-state index contributed by atoms with van der Waals surface area (Å²) in [7, 11) is 0. The first-order valence-corrected chi connectivity index (χ1v) is 9.46. The minimum atomic E-state index is -0.538. The molecular weight excluding hydrogens is 342 g/mol. The van der Waals surface area contributed by atoms with Gasteiger partial charge < -0.3 is 15.7 Å². The highest BCUT2D eigenvalue weighted by Gasteiger charge is 2.27. The largest absolute Gasteiger partial charge is 0.396 e. The van der Waals surface area contributed by atoms with E-state index in [0.717, 1.165) is 42.3 Å². The van der Waals surface area contributed by atoms with Crippen LogP contribution in [0.5, 0.6) is 0 Å². The topological polar surface area (TPSA) is 97.3 Å². The van der Waals surface area contributed by atoms with Gasteiger partial charge in [-0.15, -0.1) is 0 Å². The maximum absolute atomic E-state index is 11.8. The minimum Gasteiger partial charge on any atom is -0.396 e. The maximum atomic E-state index is 11.8. The summed E-state index contributed by atoms with van der Waals surface area (Å²) in [5.41, 5.74) is 7.33. The van der Waals surface area contributed by atoms with Gasteiger partial charge in [-0.1, -0.05) is 12.2 Å². The SMILES string of the molecule is CC1=CC=CC(C(N)=O)N1c1cc2cn(C3CCC(CO)CC3)nc2cn1. The molecule has 0 spiro atoms. The summed E-state index contributed by atoms with van der Waals surface area (Å²) in [6.45, 7) is 2.22. The lowest BCUT2D eigenvalue weighted by atomic mass is 9.87. The van der Waals surface area contributed by atoms with Crippen molar-refractivity contribution in [3.8, 4) is 0 Å². The molecule has 142 valence electrons. The summed E-state index contributed by atoms with van der Waals surface area (Å²) in [5, 5.41) is 15.0. The van der Waals surface area contributed by atoms with Gasteiger partial charge in [0, 0.05) is 23.9 Å². The van der Waals surface area contributed by atoms with Crippen LogP contribution in [0.1, 0.15) is 38.6 Å². The van der Waals surface area contributed by atoms with Gasteiger partial charge in [-0.3, -0.25) is 9.48 Å². The highest BCUT2D eigenvalue weighted by Crippen LogP contribution is 2.33. The van der Waals surface area contributed by atoms with E-state index in [9.17, 15) is 9.90 Å². The Bertz CT molecular complexity index is 908. The number of carbonyl (C=O) groups excluding carboxylic acids is 1. The van der Waals surface area contributed by atoms with Crippen molar-refractivity contribution < 1.29 is 9.90 Å². The van der Waals surface area contributed by atoms with Gasteiger partial charge in [-0.25, -0.2) is 4.98 Å². The van der Waals surface area contributed by atoms with E-state index in [1.165, 1.54) is 0 Å². The normalized spacial score (nSPS) is 25.6. The molecule has 0 saturated heterocycles. The van der Waals surface area contributed by atoms with Crippen LogP contribution in [0, 0.1) is 5.92 Å². The van der Waals surface area contributed by atoms with Gasteiger partial charge in [0.1, 0.15) is 17.4 Å². The second-order valence-electron chi connectivity index (χ2n) is 7.48. The summed E-state index contributed by atoms with van der Waals surface area (Å²) in [4.78, 5) is 18.2. The molecule has 0 aromatic carbocycles.